The van der Waals surface area contributed by atoms with Gasteiger partial charge in [-0.15, -0.1) is 0 Å². The molecule has 0 spiro atoms. The third kappa shape index (κ3) is 2.07. The molecule has 0 aliphatic rings. The van der Waals surface area contributed by atoms with E-state index in [9.17, 15) is 14.4 Å². The molecular formula is C14H10N2O4. The number of Topliss-reactive ketones (excluding diaryl/α,β-unsaturated/α-hetero) is 1. The number of carbonyl (C=O) groups excluding carboxylic acids is 1. The predicted molar refractivity (Wildman–Crippen MR) is 71.9 cm³/mol. The minimum atomic E-state index is -0.439. The van der Waals surface area contributed by atoms with Crippen LogP contribution in [0.5, 0.6) is 0 Å². The fourth-order valence-electron chi connectivity index (χ4n) is 2.00. The van der Waals surface area contributed by atoms with E-state index in [0.717, 1.165) is 16.8 Å². The summed E-state index contributed by atoms with van der Waals surface area (Å²) in [5, 5.41) is 3.00. The molecule has 1 aromatic carbocycles. The number of rotatable bonds is 3. The van der Waals surface area contributed by atoms with Gasteiger partial charge in [0.25, 0.3) is 11.1 Å². The third-order valence-corrected chi connectivity index (χ3v) is 2.97. The first-order valence-corrected chi connectivity index (χ1v) is 5.95. The maximum absolute atomic E-state index is 12.2. The number of hydrogen-bond donors (Lipinski definition) is 1. The van der Waals surface area contributed by atoms with Crippen molar-refractivity contribution in [2.45, 2.75) is 6.54 Å². The summed E-state index contributed by atoms with van der Waals surface area (Å²) in [7, 11) is 0. The lowest BCUT2D eigenvalue weighted by molar-refractivity contribution is 0.0966. The predicted octanol–water partition coefficient (Wildman–Crippen LogP) is 1.17. The highest BCUT2D eigenvalue weighted by Gasteiger charge is 2.14. The Labute approximate surface area is 112 Å². The number of fused-ring (bicyclic) bond motifs is 1. The summed E-state index contributed by atoms with van der Waals surface area (Å²) in [6, 6.07) is 9.37. The molecule has 0 atom stereocenters. The van der Waals surface area contributed by atoms with Gasteiger partial charge in [-0.2, -0.15) is 0 Å². The molecule has 0 aliphatic heterocycles. The van der Waals surface area contributed by atoms with Crippen LogP contribution in [0.2, 0.25) is 0 Å². The van der Waals surface area contributed by atoms with E-state index in [1.807, 2.05) is 0 Å². The lowest BCUT2D eigenvalue weighted by Crippen LogP contribution is -2.30. The van der Waals surface area contributed by atoms with Gasteiger partial charge in [0.05, 0.1) is 5.56 Å². The number of hydrogen-bond acceptors (Lipinski definition) is 4. The number of nitrogens with one attached hydrogen (secondary N) is 1. The Hall–Kier alpha value is -2.89. The zero-order valence-corrected chi connectivity index (χ0v) is 10.3. The smallest absolute Gasteiger partial charge is 0.265 e. The molecule has 1 N–H and O–H groups in total. The Balaban J connectivity index is 1.99. The van der Waals surface area contributed by atoms with Crippen LogP contribution in [0.1, 0.15) is 10.4 Å². The molecule has 3 aromatic rings. The SMILES string of the molecule is O=C(Cn1[nH]c(=O)ccc1=O)c1coc2ccccc12. The van der Waals surface area contributed by atoms with E-state index in [4.69, 9.17) is 4.42 Å². The molecular weight excluding hydrogens is 260 g/mol. The normalized spacial score (nSPS) is 10.8. The Morgan fingerprint density at radius 3 is 2.80 bits per heavy atom. The van der Waals surface area contributed by atoms with Crippen LogP contribution < -0.4 is 11.1 Å². The number of aromatic amines is 1. The number of carbonyl (C=O) groups is 1. The van der Waals surface area contributed by atoms with Crippen molar-refractivity contribution in [1.82, 2.24) is 9.78 Å². The summed E-state index contributed by atoms with van der Waals surface area (Å²) in [6.45, 7) is -0.238. The maximum atomic E-state index is 12.2. The lowest BCUT2D eigenvalue weighted by atomic mass is 10.1. The van der Waals surface area contributed by atoms with Gasteiger partial charge in [-0.3, -0.25) is 19.5 Å². The fourth-order valence-corrected chi connectivity index (χ4v) is 2.00. The number of furan rings is 1. The monoisotopic (exact) mass is 270 g/mol. The highest BCUT2D eigenvalue weighted by Crippen LogP contribution is 2.21. The highest BCUT2D eigenvalue weighted by molar-refractivity contribution is 6.06. The summed E-state index contributed by atoms with van der Waals surface area (Å²) in [6.07, 6.45) is 1.36. The molecule has 3 rings (SSSR count). The van der Waals surface area contributed by atoms with Crippen LogP contribution >= 0.6 is 0 Å². The van der Waals surface area contributed by atoms with E-state index >= 15 is 0 Å². The van der Waals surface area contributed by atoms with Crippen molar-refractivity contribution in [3.8, 4) is 0 Å². The van der Waals surface area contributed by atoms with Gasteiger partial charge in [0.15, 0.2) is 5.78 Å². The van der Waals surface area contributed by atoms with Crippen LogP contribution in [0.3, 0.4) is 0 Å². The molecule has 20 heavy (non-hydrogen) atoms. The molecule has 0 fully saturated rings. The van der Waals surface area contributed by atoms with E-state index in [0.29, 0.717) is 16.5 Å². The van der Waals surface area contributed by atoms with Crippen molar-refractivity contribution in [3.05, 3.63) is 68.9 Å². The van der Waals surface area contributed by atoms with Gasteiger partial charge < -0.3 is 4.42 Å². The molecule has 2 aromatic heterocycles. The molecule has 0 aliphatic carbocycles. The average Bonchev–Trinajstić information content (AvgIpc) is 2.87. The van der Waals surface area contributed by atoms with Crippen LogP contribution in [0.25, 0.3) is 11.0 Å². The van der Waals surface area contributed by atoms with Gasteiger partial charge in [0.1, 0.15) is 18.4 Å². The molecule has 2 heterocycles. The maximum Gasteiger partial charge on any atom is 0.265 e. The lowest BCUT2D eigenvalue weighted by Gasteiger charge is -2.02. The summed E-state index contributed by atoms with van der Waals surface area (Å²) in [5.74, 6) is -0.307. The Bertz CT molecular complexity index is 901. The molecule has 6 nitrogen and oxygen atoms in total. The van der Waals surface area contributed by atoms with Crippen LogP contribution in [0.4, 0.5) is 0 Å². The molecule has 6 heteroatoms. The van der Waals surface area contributed by atoms with E-state index < -0.39 is 11.1 Å². The number of ketones is 1. The molecule has 0 radical (unpaired) electrons. The van der Waals surface area contributed by atoms with Crippen molar-refractivity contribution in [2.24, 2.45) is 0 Å². The fraction of sp³-hybridized carbons (Fsp3) is 0.0714. The second-order valence-corrected chi connectivity index (χ2v) is 4.30. The van der Waals surface area contributed by atoms with Gasteiger partial charge in [0, 0.05) is 17.5 Å². The van der Waals surface area contributed by atoms with E-state index in [2.05, 4.69) is 5.10 Å². The van der Waals surface area contributed by atoms with E-state index in [1.54, 1.807) is 24.3 Å². The summed E-state index contributed by atoms with van der Waals surface area (Å²) >= 11 is 0. The number of aromatic nitrogens is 2. The van der Waals surface area contributed by atoms with Crippen LogP contribution in [0.15, 0.2) is 56.7 Å². The second-order valence-electron chi connectivity index (χ2n) is 4.30. The minimum Gasteiger partial charge on any atom is -0.464 e. The van der Waals surface area contributed by atoms with Crippen molar-refractivity contribution in [1.29, 1.82) is 0 Å². The van der Waals surface area contributed by atoms with Crippen molar-refractivity contribution in [2.75, 3.05) is 0 Å². The molecule has 0 saturated heterocycles. The molecule has 0 amide bonds. The van der Waals surface area contributed by atoms with Crippen LogP contribution in [-0.2, 0) is 6.54 Å². The number of benzene rings is 1. The standard InChI is InChI=1S/C14H10N2O4/c17-11(7-16-14(19)6-5-13(18)15-16)10-8-20-12-4-2-1-3-9(10)12/h1-6,8H,7H2,(H,15,18). The first-order valence-electron chi connectivity index (χ1n) is 5.95. The quantitative estimate of drug-likeness (QED) is 0.724. The second kappa shape index (κ2) is 4.65. The number of H-pyrrole nitrogens is 1. The Morgan fingerprint density at radius 1 is 1.15 bits per heavy atom. The minimum absolute atomic E-state index is 0.238. The molecule has 0 saturated carbocycles. The highest BCUT2D eigenvalue weighted by atomic mass is 16.3. The molecule has 0 unspecified atom stereocenters. The van der Waals surface area contributed by atoms with Crippen molar-refractivity contribution < 1.29 is 9.21 Å². The van der Waals surface area contributed by atoms with Gasteiger partial charge in [-0.25, -0.2) is 4.68 Å². The Kier molecular flexibility index (Phi) is 2.83. The summed E-state index contributed by atoms with van der Waals surface area (Å²) in [5.41, 5.74) is 0.113. The molecule has 0 bridgehead atoms. The van der Waals surface area contributed by atoms with Gasteiger partial charge in [-0.1, -0.05) is 18.2 Å². The van der Waals surface area contributed by atoms with E-state index in [-0.39, 0.29) is 12.3 Å². The average molecular weight is 270 g/mol. The largest absolute Gasteiger partial charge is 0.464 e. The number of nitrogens with zero attached hydrogens (tertiary/aromatic N) is 1. The summed E-state index contributed by atoms with van der Waals surface area (Å²) in [4.78, 5) is 34.9. The van der Waals surface area contributed by atoms with Crippen molar-refractivity contribution >= 4 is 16.8 Å². The first-order chi connectivity index (χ1) is 9.65. The topological polar surface area (TPSA) is 85.1 Å². The van der Waals surface area contributed by atoms with Gasteiger partial charge >= 0.3 is 0 Å². The van der Waals surface area contributed by atoms with Gasteiger partial charge in [-0.05, 0) is 6.07 Å². The van der Waals surface area contributed by atoms with Crippen LogP contribution in [-0.4, -0.2) is 15.6 Å². The third-order valence-electron chi connectivity index (χ3n) is 2.97. The van der Waals surface area contributed by atoms with E-state index in [1.165, 1.54) is 6.26 Å². The zero-order valence-electron chi connectivity index (χ0n) is 10.3. The summed E-state index contributed by atoms with van der Waals surface area (Å²) < 4.78 is 6.26. The first kappa shape index (κ1) is 12.2. The van der Waals surface area contributed by atoms with Gasteiger partial charge in [0.2, 0.25) is 0 Å². The molecule has 100 valence electrons. The Morgan fingerprint density at radius 2 is 1.95 bits per heavy atom. The zero-order chi connectivity index (χ0) is 14.1. The van der Waals surface area contributed by atoms with Crippen LogP contribution in [0, 0.1) is 0 Å². The number of para-hydroxylation sites is 1. The van der Waals surface area contributed by atoms with Crippen molar-refractivity contribution in [3.63, 3.8) is 0 Å².